The van der Waals surface area contributed by atoms with Crippen molar-refractivity contribution < 1.29 is 39.2 Å². The first-order valence-electron chi connectivity index (χ1n) is 19.2. The molecule has 0 aliphatic carbocycles. The van der Waals surface area contributed by atoms with E-state index in [1.807, 2.05) is 19.9 Å². The van der Waals surface area contributed by atoms with Crippen molar-refractivity contribution in [2.45, 2.75) is 169 Å². The molecule has 0 amide bonds. The van der Waals surface area contributed by atoms with Crippen molar-refractivity contribution >= 4 is 23.9 Å². The predicted octanol–water partition coefficient (Wildman–Crippen LogP) is 11.6. The van der Waals surface area contributed by atoms with Crippen molar-refractivity contribution in [3.05, 3.63) is 69.8 Å². The van der Waals surface area contributed by atoms with Crippen molar-refractivity contribution in [2.75, 3.05) is 0 Å². The van der Waals surface area contributed by atoms with Crippen LogP contribution < -0.4 is 0 Å². The average Bonchev–Trinajstić information content (AvgIpc) is 3.10. The van der Waals surface area contributed by atoms with E-state index in [1.165, 1.54) is 63.1 Å². The molecule has 8 heteroatoms. The van der Waals surface area contributed by atoms with Gasteiger partial charge in [-0.15, -0.1) is 0 Å². The van der Waals surface area contributed by atoms with Crippen molar-refractivity contribution in [1.82, 2.24) is 0 Å². The molecule has 3 N–H and O–H groups in total. The summed E-state index contributed by atoms with van der Waals surface area (Å²) >= 11 is 0. The highest BCUT2D eigenvalue weighted by molar-refractivity contribution is 6.03. The van der Waals surface area contributed by atoms with Crippen LogP contribution >= 0.6 is 0 Å². The molecule has 0 radical (unpaired) electrons. The van der Waals surface area contributed by atoms with Crippen LogP contribution in [-0.4, -0.2) is 44.8 Å². The number of aromatic carboxylic acids is 3. The van der Waals surface area contributed by atoms with Crippen molar-refractivity contribution in [1.29, 1.82) is 0 Å². The summed E-state index contributed by atoms with van der Waals surface area (Å²) in [5, 5.41) is 28.3. The van der Waals surface area contributed by atoms with Crippen LogP contribution in [0.1, 0.15) is 203 Å². The van der Waals surface area contributed by atoms with E-state index >= 15 is 0 Å². The number of benzene rings is 2. The summed E-state index contributed by atoms with van der Waals surface area (Å²) < 4.78 is 5.76. The highest BCUT2D eigenvalue weighted by Gasteiger charge is 2.32. The van der Waals surface area contributed by atoms with E-state index in [4.69, 9.17) is 4.74 Å². The lowest BCUT2D eigenvalue weighted by Gasteiger charge is -2.32. The van der Waals surface area contributed by atoms with Crippen LogP contribution in [0.5, 0.6) is 0 Å². The fraction of sp³-hybridized carbons (Fsp3) is 0.619. The van der Waals surface area contributed by atoms with Crippen molar-refractivity contribution in [3.63, 3.8) is 0 Å². The van der Waals surface area contributed by atoms with Gasteiger partial charge in [0.25, 0.3) is 0 Å². The Labute approximate surface area is 301 Å². The number of unbranched alkanes of at least 4 members (excludes halogenated alkanes) is 12. The zero-order chi connectivity index (χ0) is 37.4. The van der Waals surface area contributed by atoms with Crippen LogP contribution in [0.3, 0.4) is 0 Å². The number of ether oxygens (including phenoxy) is 1. The summed E-state index contributed by atoms with van der Waals surface area (Å²) in [5.41, 5.74) is 1.30. The molecule has 0 aliphatic heterocycles. The Kier molecular flexibility index (Phi) is 22.4. The maximum absolute atomic E-state index is 12.5. The van der Waals surface area contributed by atoms with Gasteiger partial charge < -0.3 is 20.1 Å². The SMILES string of the molecule is CCCCCC(CC)(CC)OC(=O)c1ccccc1C(=O)O.CCCCCCCCc1ccc(C(=O)O)c(C(=O)O)c1CCCCCCCC. The van der Waals surface area contributed by atoms with E-state index in [1.54, 1.807) is 12.1 Å². The van der Waals surface area contributed by atoms with Crippen LogP contribution in [0.4, 0.5) is 0 Å². The monoisotopic (exact) mass is 696 g/mol. The second-order valence-corrected chi connectivity index (χ2v) is 13.4. The van der Waals surface area contributed by atoms with Gasteiger partial charge in [0, 0.05) is 0 Å². The number of hydrogen-bond donors (Lipinski definition) is 3. The first-order valence-corrected chi connectivity index (χ1v) is 19.2. The molecular formula is C42H64O8. The van der Waals surface area contributed by atoms with E-state index in [-0.39, 0.29) is 22.3 Å². The van der Waals surface area contributed by atoms with E-state index < -0.39 is 29.5 Å². The van der Waals surface area contributed by atoms with Crippen LogP contribution in [-0.2, 0) is 17.6 Å². The van der Waals surface area contributed by atoms with Crippen LogP contribution in [0.2, 0.25) is 0 Å². The average molecular weight is 697 g/mol. The maximum atomic E-state index is 12.5. The number of carbonyl (C=O) groups excluding carboxylic acids is 1. The van der Waals surface area contributed by atoms with E-state index in [9.17, 15) is 34.5 Å². The molecule has 0 bridgehead atoms. The highest BCUT2D eigenvalue weighted by Crippen LogP contribution is 2.29. The molecule has 0 saturated carbocycles. The lowest BCUT2D eigenvalue weighted by atomic mass is 9.89. The molecule has 50 heavy (non-hydrogen) atoms. The van der Waals surface area contributed by atoms with Gasteiger partial charge in [-0.3, -0.25) is 0 Å². The third kappa shape index (κ3) is 15.5. The van der Waals surface area contributed by atoms with Gasteiger partial charge >= 0.3 is 23.9 Å². The Hall–Kier alpha value is -3.68. The van der Waals surface area contributed by atoms with Gasteiger partial charge in [-0.1, -0.05) is 130 Å². The van der Waals surface area contributed by atoms with E-state index in [2.05, 4.69) is 20.8 Å². The fourth-order valence-corrected chi connectivity index (χ4v) is 6.41. The zero-order valence-corrected chi connectivity index (χ0v) is 31.5. The molecule has 0 fully saturated rings. The minimum Gasteiger partial charge on any atom is -0.478 e. The van der Waals surface area contributed by atoms with Crippen LogP contribution in [0.25, 0.3) is 0 Å². The van der Waals surface area contributed by atoms with Gasteiger partial charge in [0.05, 0.1) is 22.3 Å². The summed E-state index contributed by atoms with van der Waals surface area (Å²) in [7, 11) is 0. The summed E-state index contributed by atoms with van der Waals surface area (Å²) in [6.07, 6.45) is 20.9. The third-order valence-corrected chi connectivity index (χ3v) is 9.65. The largest absolute Gasteiger partial charge is 0.478 e. The molecule has 2 aromatic rings. The van der Waals surface area contributed by atoms with Gasteiger partial charge in [-0.05, 0) is 80.7 Å². The molecule has 0 aliphatic rings. The fourth-order valence-electron chi connectivity index (χ4n) is 6.41. The van der Waals surface area contributed by atoms with Gasteiger partial charge in [0.1, 0.15) is 5.60 Å². The van der Waals surface area contributed by atoms with Crippen molar-refractivity contribution in [3.8, 4) is 0 Å². The van der Waals surface area contributed by atoms with Gasteiger partial charge in [0.15, 0.2) is 0 Å². The second-order valence-electron chi connectivity index (χ2n) is 13.4. The highest BCUT2D eigenvalue weighted by atomic mass is 16.6. The van der Waals surface area contributed by atoms with E-state index in [0.717, 1.165) is 88.2 Å². The number of rotatable bonds is 25. The Bertz CT molecular complexity index is 1310. The molecule has 0 atom stereocenters. The number of esters is 1. The first-order chi connectivity index (χ1) is 24.0. The van der Waals surface area contributed by atoms with Crippen molar-refractivity contribution in [2.24, 2.45) is 0 Å². The van der Waals surface area contributed by atoms with E-state index in [0.29, 0.717) is 6.42 Å². The zero-order valence-electron chi connectivity index (χ0n) is 31.5. The molecule has 280 valence electrons. The Morgan fingerprint density at radius 1 is 0.540 bits per heavy atom. The number of carboxylic acids is 3. The quantitative estimate of drug-likeness (QED) is 0.0688. The molecule has 2 rings (SSSR count). The summed E-state index contributed by atoms with van der Waals surface area (Å²) in [6.45, 7) is 10.5. The lowest BCUT2D eigenvalue weighted by Crippen LogP contribution is -2.34. The normalized spacial score (nSPS) is 11.1. The summed E-state index contributed by atoms with van der Waals surface area (Å²) in [4.78, 5) is 47.1. The topological polar surface area (TPSA) is 138 Å². The molecule has 2 aromatic carbocycles. The Balaban J connectivity index is 0.000000515. The molecule has 8 nitrogen and oxygen atoms in total. The molecular weight excluding hydrogens is 632 g/mol. The van der Waals surface area contributed by atoms with Crippen LogP contribution in [0.15, 0.2) is 36.4 Å². The lowest BCUT2D eigenvalue weighted by molar-refractivity contribution is -0.0287. The van der Waals surface area contributed by atoms with Gasteiger partial charge in [-0.2, -0.15) is 0 Å². The summed E-state index contributed by atoms with van der Waals surface area (Å²) in [5.74, 6) is -3.94. The maximum Gasteiger partial charge on any atom is 0.339 e. The number of carbonyl (C=O) groups is 4. The predicted molar refractivity (Wildman–Crippen MR) is 201 cm³/mol. The van der Waals surface area contributed by atoms with Crippen LogP contribution in [0, 0.1) is 0 Å². The summed E-state index contributed by atoms with van der Waals surface area (Å²) in [6, 6.07) is 9.51. The van der Waals surface area contributed by atoms with Gasteiger partial charge in [0.2, 0.25) is 0 Å². The smallest absolute Gasteiger partial charge is 0.339 e. The minimum absolute atomic E-state index is 0.00420. The third-order valence-electron chi connectivity index (χ3n) is 9.65. The standard InChI is InChI=1S/C24H38O4.C18H26O4/c1-3-5-7-9-11-13-15-19-17-18-21(23(25)26)22(24(27)28)20(19)16-14-12-10-8-6-4-2;1-4-7-10-13-18(5-2,6-3)22-17(21)15-12-9-8-11-14(15)16(19)20/h17-18H,3-16H2,1-2H3,(H,25,26)(H,27,28);8-9,11-12H,4-7,10,13H2,1-3H3,(H,19,20). The molecule has 0 spiro atoms. The van der Waals surface area contributed by atoms with Gasteiger partial charge in [-0.25, -0.2) is 19.2 Å². The Morgan fingerprint density at radius 3 is 1.52 bits per heavy atom. The second kappa shape index (κ2) is 25.3. The number of aryl methyl sites for hydroxylation is 1. The minimum atomic E-state index is -1.16. The number of hydrogen-bond acceptors (Lipinski definition) is 5. The molecule has 0 heterocycles. The molecule has 0 aromatic heterocycles. The molecule has 0 unspecified atom stereocenters. The molecule has 0 saturated heterocycles. The first kappa shape index (κ1) is 44.3. The Morgan fingerprint density at radius 2 is 1.02 bits per heavy atom. The number of carboxylic acid groups (broad SMARTS) is 3.